The fourth-order valence-electron chi connectivity index (χ4n) is 2.04. The highest BCUT2D eigenvalue weighted by atomic mass is 127. The van der Waals surface area contributed by atoms with Crippen LogP contribution in [0.5, 0.6) is 5.75 Å². The summed E-state index contributed by atoms with van der Waals surface area (Å²) >= 11 is 11.5. The molecule has 0 saturated carbocycles. The lowest BCUT2D eigenvalue weighted by Crippen LogP contribution is -2.37. The predicted molar refractivity (Wildman–Crippen MR) is 106 cm³/mol. The summed E-state index contributed by atoms with van der Waals surface area (Å²) in [5.41, 5.74) is 0.163. The van der Waals surface area contributed by atoms with E-state index in [0.29, 0.717) is 0 Å². The summed E-state index contributed by atoms with van der Waals surface area (Å²) < 4.78 is 15.2. The number of thiol groups is 1. The molecular formula is C13H15I3O2S. The van der Waals surface area contributed by atoms with Gasteiger partial charge in [0.1, 0.15) is 5.75 Å². The zero-order valence-corrected chi connectivity index (χ0v) is 17.7. The van der Waals surface area contributed by atoms with Gasteiger partial charge in [-0.1, -0.05) is 0 Å². The summed E-state index contributed by atoms with van der Waals surface area (Å²) in [6.07, 6.45) is 2.07. The summed E-state index contributed by atoms with van der Waals surface area (Å²) in [4.78, 5) is 0. The van der Waals surface area contributed by atoms with Gasteiger partial charge in [-0.3, -0.25) is 0 Å². The van der Waals surface area contributed by atoms with E-state index in [1.165, 1.54) is 10.7 Å². The van der Waals surface area contributed by atoms with Gasteiger partial charge < -0.3 is 9.47 Å². The van der Waals surface area contributed by atoms with E-state index in [1.54, 1.807) is 0 Å². The van der Waals surface area contributed by atoms with Crippen LogP contribution in [0.3, 0.4) is 0 Å². The molecule has 1 aliphatic heterocycles. The molecule has 0 amide bonds. The molecule has 0 spiro atoms. The molecule has 1 saturated heterocycles. The first-order chi connectivity index (χ1) is 9.06. The van der Waals surface area contributed by atoms with Crippen LogP contribution in [-0.2, 0) is 4.74 Å². The van der Waals surface area contributed by atoms with Crippen molar-refractivity contribution in [1.82, 2.24) is 0 Å². The molecule has 0 bridgehead atoms. The lowest BCUT2D eigenvalue weighted by atomic mass is 9.83. The summed E-state index contributed by atoms with van der Waals surface area (Å²) in [7, 11) is 0. The summed E-state index contributed by atoms with van der Waals surface area (Å²) in [5, 5.41) is 0. The Kier molecular flexibility index (Phi) is 6.83. The zero-order chi connectivity index (χ0) is 13.9. The van der Waals surface area contributed by atoms with Crippen LogP contribution in [0.25, 0.3) is 0 Å². The first-order valence-electron chi connectivity index (χ1n) is 6.02. The Labute approximate surface area is 160 Å². The second kappa shape index (κ2) is 7.68. The van der Waals surface area contributed by atoms with Gasteiger partial charge in [0.2, 0.25) is 0 Å². The zero-order valence-electron chi connectivity index (χ0n) is 10.3. The van der Waals surface area contributed by atoms with E-state index in [0.717, 1.165) is 44.2 Å². The van der Waals surface area contributed by atoms with Crippen molar-refractivity contribution in [2.45, 2.75) is 12.8 Å². The number of rotatable bonds is 4. The minimum Gasteiger partial charge on any atom is -0.491 e. The van der Waals surface area contributed by atoms with Gasteiger partial charge in [-0.2, -0.15) is 12.6 Å². The van der Waals surface area contributed by atoms with E-state index in [1.807, 2.05) is 0 Å². The smallest absolute Gasteiger partial charge is 0.146 e. The fourth-order valence-corrected chi connectivity index (χ4v) is 6.35. The first-order valence-corrected chi connectivity index (χ1v) is 9.89. The van der Waals surface area contributed by atoms with Crippen molar-refractivity contribution in [3.05, 3.63) is 22.8 Å². The highest BCUT2D eigenvalue weighted by Crippen LogP contribution is 2.35. The standard InChI is InChI=1S/C13H15I3O2S/c14-9-5-10(15)12(11(16)6-9)18-7-13(8-19)1-3-17-4-2-13/h5-6,19H,1-4,7-8H2. The highest BCUT2D eigenvalue weighted by molar-refractivity contribution is 14.1. The Hall–Kier alpha value is 1.52. The third-order valence-electron chi connectivity index (χ3n) is 3.37. The quantitative estimate of drug-likeness (QED) is 0.394. The molecule has 0 atom stereocenters. The minimum atomic E-state index is 0.163. The average Bonchev–Trinajstić information content (AvgIpc) is 2.38. The van der Waals surface area contributed by atoms with Crippen LogP contribution >= 0.6 is 80.4 Å². The van der Waals surface area contributed by atoms with Crippen molar-refractivity contribution in [3.63, 3.8) is 0 Å². The monoisotopic (exact) mass is 616 g/mol. The SMILES string of the molecule is SCC1(COc2c(I)cc(I)cc2I)CCOCC1. The molecule has 0 radical (unpaired) electrons. The highest BCUT2D eigenvalue weighted by Gasteiger charge is 2.32. The Morgan fingerprint density at radius 3 is 2.26 bits per heavy atom. The number of ether oxygens (including phenoxy) is 2. The van der Waals surface area contributed by atoms with Crippen LogP contribution in [-0.4, -0.2) is 25.6 Å². The fraction of sp³-hybridized carbons (Fsp3) is 0.538. The number of halogens is 3. The van der Waals surface area contributed by atoms with E-state index >= 15 is 0 Å². The van der Waals surface area contributed by atoms with Crippen molar-refractivity contribution in [2.24, 2.45) is 5.41 Å². The lowest BCUT2D eigenvalue weighted by molar-refractivity contribution is 0.00279. The number of benzene rings is 1. The van der Waals surface area contributed by atoms with Gasteiger partial charge in [-0.15, -0.1) is 0 Å². The van der Waals surface area contributed by atoms with Gasteiger partial charge in [-0.25, -0.2) is 0 Å². The van der Waals surface area contributed by atoms with Crippen LogP contribution in [0.1, 0.15) is 12.8 Å². The van der Waals surface area contributed by atoms with Crippen LogP contribution in [0.15, 0.2) is 12.1 Å². The van der Waals surface area contributed by atoms with Gasteiger partial charge in [-0.05, 0) is 98.5 Å². The van der Waals surface area contributed by atoms with Crippen LogP contribution in [0.4, 0.5) is 0 Å². The molecule has 0 N–H and O–H groups in total. The topological polar surface area (TPSA) is 18.5 Å². The molecule has 2 rings (SSSR count). The van der Waals surface area contributed by atoms with Gasteiger partial charge >= 0.3 is 0 Å². The largest absolute Gasteiger partial charge is 0.491 e. The second-order valence-electron chi connectivity index (χ2n) is 4.76. The maximum absolute atomic E-state index is 6.13. The second-order valence-corrected chi connectivity index (χ2v) is 8.64. The van der Waals surface area contributed by atoms with Crippen molar-refractivity contribution >= 4 is 80.4 Å². The molecule has 1 heterocycles. The Bertz CT molecular complexity index is 425. The maximum atomic E-state index is 6.13. The first kappa shape index (κ1) is 16.9. The van der Waals surface area contributed by atoms with Crippen LogP contribution < -0.4 is 4.74 Å². The summed E-state index contributed by atoms with van der Waals surface area (Å²) in [6, 6.07) is 4.30. The molecular weight excluding hydrogens is 601 g/mol. The van der Waals surface area contributed by atoms with Crippen molar-refractivity contribution in [3.8, 4) is 5.75 Å². The van der Waals surface area contributed by atoms with Crippen molar-refractivity contribution in [1.29, 1.82) is 0 Å². The molecule has 6 heteroatoms. The lowest BCUT2D eigenvalue weighted by Gasteiger charge is -2.35. The predicted octanol–water partition coefficient (Wildman–Crippen LogP) is 4.61. The van der Waals surface area contributed by atoms with Gasteiger partial charge in [0.05, 0.1) is 13.7 Å². The molecule has 19 heavy (non-hydrogen) atoms. The molecule has 1 aromatic rings. The maximum Gasteiger partial charge on any atom is 0.146 e. The Morgan fingerprint density at radius 2 is 1.74 bits per heavy atom. The third kappa shape index (κ3) is 4.49. The van der Waals surface area contributed by atoms with E-state index in [4.69, 9.17) is 9.47 Å². The van der Waals surface area contributed by atoms with Crippen LogP contribution in [0, 0.1) is 16.1 Å². The van der Waals surface area contributed by atoms with E-state index in [2.05, 4.69) is 92.5 Å². The molecule has 106 valence electrons. The molecule has 0 unspecified atom stereocenters. The van der Waals surface area contributed by atoms with Gasteiger partial charge in [0, 0.05) is 22.2 Å². The van der Waals surface area contributed by atoms with Crippen LogP contribution in [0.2, 0.25) is 0 Å². The Morgan fingerprint density at radius 1 is 1.16 bits per heavy atom. The minimum absolute atomic E-state index is 0.163. The molecule has 0 aliphatic carbocycles. The van der Waals surface area contributed by atoms with E-state index in [-0.39, 0.29) is 5.41 Å². The normalized spacial score (nSPS) is 18.3. The molecule has 0 aromatic heterocycles. The van der Waals surface area contributed by atoms with Crippen molar-refractivity contribution in [2.75, 3.05) is 25.6 Å². The van der Waals surface area contributed by atoms with Gasteiger partial charge in [0.25, 0.3) is 0 Å². The summed E-state index contributed by atoms with van der Waals surface area (Å²) in [5.74, 6) is 1.86. The molecule has 1 aromatic carbocycles. The van der Waals surface area contributed by atoms with Crippen molar-refractivity contribution < 1.29 is 9.47 Å². The summed E-state index contributed by atoms with van der Waals surface area (Å²) in [6.45, 7) is 2.38. The molecule has 1 fully saturated rings. The van der Waals surface area contributed by atoms with E-state index in [9.17, 15) is 0 Å². The number of hydrogen-bond acceptors (Lipinski definition) is 3. The number of hydrogen-bond donors (Lipinski definition) is 1. The van der Waals surface area contributed by atoms with Gasteiger partial charge in [0.15, 0.2) is 0 Å². The third-order valence-corrected chi connectivity index (χ3v) is 6.27. The molecule has 1 aliphatic rings. The van der Waals surface area contributed by atoms with E-state index < -0.39 is 0 Å². The Balaban J connectivity index is 2.09. The average molecular weight is 616 g/mol. The molecule has 2 nitrogen and oxygen atoms in total.